The van der Waals surface area contributed by atoms with Crippen molar-refractivity contribution in [1.82, 2.24) is 5.32 Å². The van der Waals surface area contributed by atoms with Crippen LogP contribution in [0, 0.1) is 0 Å². The number of nitrogens with one attached hydrogen (secondary N) is 1. The van der Waals surface area contributed by atoms with E-state index in [1.54, 1.807) is 0 Å². The molecule has 2 nitrogen and oxygen atoms in total. The summed E-state index contributed by atoms with van der Waals surface area (Å²) in [4.78, 5) is 10.6. The van der Waals surface area contributed by atoms with Crippen LogP contribution in [0.1, 0.15) is 27.1 Å². The number of carbonyl (C=O) groups is 1. The van der Waals surface area contributed by atoms with Crippen LogP contribution in [0.3, 0.4) is 0 Å². The number of carbonyl (C=O) groups excluding carboxylic acids is 1. The molecule has 3 heteroatoms. The number of hydrogen-bond donors (Lipinski definition) is 1. The van der Waals surface area contributed by atoms with E-state index in [0.29, 0.717) is 0 Å². The summed E-state index contributed by atoms with van der Waals surface area (Å²) in [7, 11) is 0. The maximum absolute atomic E-state index is 10.6. The molecule has 1 aliphatic heterocycles. The molecule has 0 bridgehead atoms. The van der Waals surface area contributed by atoms with Crippen LogP contribution in [0.15, 0.2) is 0 Å². The second-order valence-electron chi connectivity index (χ2n) is 2.16. The Labute approximate surface area is 99.7 Å². The third-order valence-corrected chi connectivity index (χ3v) is 1.40. The van der Waals surface area contributed by atoms with E-state index in [0.717, 1.165) is 25.8 Å². The Morgan fingerprint density at radius 2 is 2.11 bits per heavy atom. The second-order valence-corrected chi connectivity index (χ2v) is 2.16. The average molecular weight is 153 g/mol. The topological polar surface area (TPSA) is 29.1 Å². The average Bonchev–Trinajstić information content (AvgIpc) is 1.94. The fraction of sp³-hybridized carbons (Fsp3) is 0.833. The van der Waals surface area contributed by atoms with Gasteiger partial charge in [0, 0.05) is 13.0 Å². The van der Waals surface area contributed by atoms with Gasteiger partial charge in [0.15, 0.2) is 0 Å². The Hall–Kier alpha value is 1.11. The van der Waals surface area contributed by atoms with Gasteiger partial charge in [0.2, 0.25) is 5.91 Å². The van der Waals surface area contributed by atoms with Gasteiger partial charge in [-0.25, -0.2) is 0 Å². The molecule has 1 aliphatic rings. The third kappa shape index (κ3) is 4.50. The zero-order valence-corrected chi connectivity index (χ0v) is 9.07. The van der Waals surface area contributed by atoms with Crippen LogP contribution in [-0.2, 0) is 4.79 Å². The molecule has 1 N–H and O–H groups in total. The normalized spacial score (nSPS) is 19.3. The van der Waals surface area contributed by atoms with Crippen molar-refractivity contribution >= 4 is 5.91 Å². The van der Waals surface area contributed by atoms with Crippen LogP contribution >= 0.6 is 0 Å². The summed E-state index contributed by atoms with van der Waals surface area (Å²) in [5.74, 6) is 0.225. The van der Waals surface area contributed by atoms with Gasteiger partial charge in [0.05, 0.1) is 0 Å². The van der Waals surface area contributed by atoms with Crippen LogP contribution in [0.5, 0.6) is 0 Å². The molecule has 0 radical (unpaired) electrons. The maximum atomic E-state index is 10.6. The maximum Gasteiger partial charge on any atom is 1.00 e. The SMILES string of the molecule is O=C1CCCCCN1.[H-].[K+]. The summed E-state index contributed by atoms with van der Waals surface area (Å²) in [6.07, 6.45) is 4.18. The quantitative estimate of drug-likeness (QED) is 0.393. The Balaban J connectivity index is 0. The van der Waals surface area contributed by atoms with Crippen LogP contribution in [0.4, 0.5) is 0 Å². The standard InChI is InChI=1S/C6H11NO.K.H/c8-6-4-2-1-3-5-7-6;;/h1-5H2,(H,7,8);;/q;+1;-1. The molecule has 0 aromatic rings. The minimum absolute atomic E-state index is 0. The molecule has 1 amide bonds. The predicted octanol–water partition coefficient (Wildman–Crippen LogP) is -2.21. The Bertz CT molecular complexity index is 89.7. The van der Waals surface area contributed by atoms with E-state index in [2.05, 4.69) is 5.32 Å². The van der Waals surface area contributed by atoms with Crippen molar-refractivity contribution in [1.29, 1.82) is 0 Å². The van der Waals surface area contributed by atoms with Gasteiger partial charge in [-0.2, -0.15) is 0 Å². The van der Waals surface area contributed by atoms with Gasteiger partial charge in [-0.15, -0.1) is 0 Å². The first-order valence-electron chi connectivity index (χ1n) is 3.16. The summed E-state index contributed by atoms with van der Waals surface area (Å²) in [5, 5.41) is 2.81. The first-order chi connectivity index (χ1) is 3.89. The molecule has 48 valence electrons. The number of rotatable bonds is 0. The van der Waals surface area contributed by atoms with E-state index in [1.165, 1.54) is 6.42 Å². The summed E-state index contributed by atoms with van der Waals surface area (Å²) >= 11 is 0. The predicted molar refractivity (Wildman–Crippen MR) is 32.6 cm³/mol. The summed E-state index contributed by atoms with van der Waals surface area (Å²) < 4.78 is 0. The summed E-state index contributed by atoms with van der Waals surface area (Å²) in [6.45, 7) is 0.888. The number of amides is 1. The minimum atomic E-state index is 0. The molecule has 1 saturated heterocycles. The molecule has 0 unspecified atom stereocenters. The zero-order chi connectivity index (χ0) is 5.82. The van der Waals surface area contributed by atoms with E-state index >= 15 is 0 Å². The molecule has 1 fully saturated rings. The van der Waals surface area contributed by atoms with Gasteiger partial charge in [0.1, 0.15) is 0 Å². The van der Waals surface area contributed by atoms with Crippen LogP contribution in [-0.4, -0.2) is 12.5 Å². The smallest absolute Gasteiger partial charge is 1.00 e. The van der Waals surface area contributed by atoms with Crippen LogP contribution in [0.2, 0.25) is 0 Å². The van der Waals surface area contributed by atoms with Gasteiger partial charge in [-0.05, 0) is 12.8 Å². The molecule has 0 aromatic heterocycles. The molecule has 0 atom stereocenters. The van der Waals surface area contributed by atoms with Gasteiger partial charge in [-0.1, -0.05) is 6.42 Å². The van der Waals surface area contributed by atoms with Gasteiger partial charge >= 0.3 is 51.4 Å². The molecule has 1 heterocycles. The summed E-state index contributed by atoms with van der Waals surface area (Å²) in [6, 6.07) is 0. The molecule has 0 aromatic carbocycles. The van der Waals surface area contributed by atoms with E-state index in [9.17, 15) is 4.79 Å². The Morgan fingerprint density at radius 1 is 1.33 bits per heavy atom. The van der Waals surface area contributed by atoms with Crippen molar-refractivity contribution in [3.05, 3.63) is 0 Å². The minimum Gasteiger partial charge on any atom is -1.00 e. The molecular formula is C6H12KNO. The first kappa shape index (κ1) is 10.1. The molecular weight excluding hydrogens is 141 g/mol. The van der Waals surface area contributed by atoms with Crippen molar-refractivity contribution in [2.75, 3.05) is 6.54 Å². The van der Waals surface area contributed by atoms with E-state index in [4.69, 9.17) is 0 Å². The largest absolute Gasteiger partial charge is 1.00 e. The molecule has 9 heavy (non-hydrogen) atoms. The monoisotopic (exact) mass is 153 g/mol. The first-order valence-corrected chi connectivity index (χ1v) is 3.16. The van der Waals surface area contributed by atoms with E-state index in [1.807, 2.05) is 0 Å². The van der Waals surface area contributed by atoms with Gasteiger partial charge in [-0.3, -0.25) is 4.79 Å². The van der Waals surface area contributed by atoms with Crippen molar-refractivity contribution in [3.63, 3.8) is 0 Å². The van der Waals surface area contributed by atoms with Gasteiger partial charge in [0.25, 0.3) is 0 Å². The van der Waals surface area contributed by atoms with Crippen molar-refractivity contribution in [3.8, 4) is 0 Å². The second kappa shape index (κ2) is 5.86. The van der Waals surface area contributed by atoms with Gasteiger partial charge < -0.3 is 6.74 Å². The molecule has 0 saturated carbocycles. The summed E-state index contributed by atoms with van der Waals surface area (Å²) in [5.41, 5.74) is 0. The van der Waals surface area contributed by atoms with E-state index in [-0.39, 0.29) is 58.7 Å². The van der Waals surface area contributed by atoms with Crippen molar-refractivity contribution < 1.29 is 57.6 Å². The van der Waals surface area contributed by atoms with Crippen LogP contribution < -0.4 is 56.7 Å². The van der Waals surface area contributed by atoms with Crippen molar-refractivity contribution in [2.24, 2.45) is 0 Å². The fourth-order valence-corrected chi connectivity index (χ4v) is 0.904. The third-order valence-electron chi connectivity index (χ3n) is 1.40. The van der Waals surface area contributed by atoms with Crippen molar-refractivity contribution in [2.45, 2.75) is 25.7 Å². The number of hydrogen-bond acceptors (Lipinski definition) is 1. The fourth-order valence-electron chi connectivity index (χ4n) is 0.904. The Morgan fingerprint density at radius 3 is 2.89 bits per heavy atom. The van der Waals surface area contributed by atoms with E-state index < -0.39 is 0 Å². The zero-order valence-electron chi connectivity index (χ0n) is 6.94. The van der Waals surface area contributed by atoms with Crippen LogP contribution in [0.25, 0.3) is 0 Å². The molecule has 1 rings (SSSR count). The molecule has 0 aliphatic carbocycles. The Kier molecular flexibility index (Phi) is 6.58. The molecule has 0 spiro atoms.